The first-order valence-electron chi connectivity index (χ1n) is 8.40. The molecular weight excluding hydrogens is 388 g/mol. The minimum atomic E-state index is -1.11. The SMILES string of the molecule is CC(C)Oc1ccc(C(=O)OC(C)C(=O)Nc2ccc([N+](=O)[O-])cc2Cl)cc1. The molecule has 0 aliphatic heterocycles. The van der Waals surface area contributed by atoms with Crippen LogP contribution in [0.1, 0.15) is 31.1 Å². The van der Waals surface area contributed by atoms with Gasteiger partial charge in [0, 0.05) is 12.1 Å². The second-order valence-electron chi connectivity index (χ2n) is 6.15. The Bertz CT molecular complexity index is 882. The summed E-state index contributed by atoms with van der Waals surface area (Å²) in [5.74, 6) is -0.678. The number of nitrogens with one attached hydrogen (secondary N) is 1. The van der Waals surface area contributed by atoms with Gasteiger partial charge in [0.05, 0.1) is 27.3 Å². The number of nitrogens with zero attached hydrogens (tertiary/aromatic N) is 1. The molecule has 148 valence electrons. The van der Waals surface area contributed by atoms with Crippen LogP contribution in [0, 0.1) is 10.1 Å². The highest BCUT2D eigenvalue weighted by Gasteiger charge is 2.20. The molecule has 0 aromatic heterocycles. The van der Waals surface area contributed by atoms with E-state index in [0.29, 0.717) is 5.75 Å². The van der Waals surface area contributed by atoms with Crippen molar-refractivity contribution in [2.45, 2.75) is 33.0 Å². The minimum absolute atomic E-state index is 0.00168. The highest BCUT2D eigenvalue weighted by atomic mass is 35.5. The van der Waals surface area contributed by atoms with Gasteiger partial charge >= 0.3 is 5.97 Å². The third-order valence-corrected chi connectivity index (χ3v) is 3.85. The number of hydrogen-bond acceptors (Lipinski definition) is 6. The lowest BCUT2D eigenvalue weighted by Crippen LogP contribution is -2.30. The van der Waals surface area contributed by atoms with Gasteiger partial charge in [-0.15, -0.1) is 0 Å². The molecule has 1 atom stereocenters. The predicted octanol–water partition coefficient (Wildman–Crippen LogP) is 4.22. The van der Waals surface area contributed by atoms with Crippen LogP contribution < -0.4 is 10.1 Å². The number of anilines is 1. The molecule has 2 aromatic carbocycles. The van der Waals surface area contributed by atoms with Gasteiger partial charge in [0.2, 0.25) is 0 Å². The van der Waals surface area contributed by atoms with Crippen LogP contribution in [0.5, 0.6) is 5.75 Å². The van der Waals surface area contributed by atoms with Gasteiger partial charge in [0.25, 0.3) is 11.6 Å². The maximum atomic E-state index is 12.2. The largest absolute Gasteiger partial charge is 0.491 e. The number of nitro benzene ring substituents is 1. The lowest BCUT2D eigenvalue weighted by molar-refractivity contribution is -0.384. The van der Waals surface area contributed by atoms with Gasteiger partial charge in [0.1, 0.15) is 5.75 Å². The fraction of sp³-hybridized carbons (Fsp3) is 0.263. The van der Waals surface area contributed by atoms with E-state index in [1.807, 2.05) is 13.8 Å². The molecule has 9 heteroatoms. The average Bonchev–Trinajstić information content (AvgIpc) is 2.63. The topological polar surface area (TPSA) is 108 Å². The highest BCUT2D eigenvalue weighted by Crippen LogP contribution is 2.26. The quantitative estimate of drug-likeness (QED) is 0.419. The Balaban J connectivity index is 1.98. The molecule has 8 nitrogen and oxygen atoms in total. The first-order valence-corrected chi connectivity index (χ1v) is 8.77. The van der Waals surface area contributed by atoms with Crippen LogP contribution in [-0.2, 0) is 9.53 Å². The van der Waals surface area contributed by atoms with Crippen LogP contribution in [0.4, 0.5) is 11.4 Å². The van der Waals surface area contributed by atoms with Crippen LogP contribution in [0.25, 0.3) is 0 Å². The van der Waals surface area contributed by atoms with Crippen molar-refractivity contribution in [2.75, 3.05) is 5.32 Å². The third kappa shape index (κ3) is 5.68. The van der Waals surface area contributed by atoms with E-state index in [0.717, 1.165) is 6.07 Å². The van der Waals surface area contributed by atoms with E-state index < -0.39 is 22.9 Å². The molecule has 28 heavy (non-hydrogen) atoms. The fourth-order valence-electron chi connectivity index (χ4n) is 2.18. The van der Waals surface area contributed by atoms with Crippen molar-refractivity contribution in [3.63, 3.8) is 0 Å². The lowest BCUT2D eigenvalue weighted by Gasteiger charge is -2.14. The van der Waals surface area contributed by atoms with E-state index in [1.54, 1.807) is 12.1 Å². The number of esters is 1. The summed E-state index contributed by atoms with van der Waals surface area (Å²) in [6, 6.07) is 9.99. The van der Waals surface area contributed by atoms with E-state index in [9.17, 15) is 19.7 Å². The summed E-state index contributed by atoms with van der Waals surface area (Å²) >= 11 is 5.94. The molecule has 0 saturated carbocycles. The summed E-state index contributed by atoms with van der Waals surface area (Å²) in [4.78, 5) is 34.5. The van der Waals surface area contributed by atoms with Gasteiger partial charge in [0.15, 0.2) is 6.10 Å². The van der Waals surface area contributed by atoms with Crippen molar-refractivity contribution < 1.29 is 24.0 Å². The molecule has 0 saturated heterocycles. The number of hydrogen-bond donors (Lipinski definition) is 1. The highest BCUT2D eigenvalue weighted by molar-refractivity contribution is 6.34. The van der Waals surface area contributed by atoms with Crippen molar-refractivity contribution in [3.8, 4) is 5.75 Å². The number of halogens is 1. The minimum Gasteiger partial charge on any atom is -0.491 e. The monoisotopic (exact) mass is 406 g/mol. The molecule has 1 N–H and O–H groups in total. The van der Waals surface area contributed by atoms with Gasteiger partial charge < -0.3 is 14.8 Å². The molecule has 0 heterocycles. The Labute approximate surface area is 166 Å². The summed E-state index contributed by atoms with van der Waals surface area (Å²) in [6.07, 6.45) is -1.10. The zero-order valence-electron chi connectivity index (χ0n) is 15.5. The van der Waals surface area contributed by atoms with Crippen LogP contribution in [-0.4, -0.2) is 29.0 Å². The van der Waals surface area contributed by atoms with Crippen molar-refractivity contribution >= 4 is 34.9 Å². The van der Waals surface area contributed by atoms with Crippen molar-refractivity contribution in [1.29, 1.82) is 0 Å². The maximum absolute atomic E-state index is 12.2. The van der Waals surface area contributed by atoms with Gasteiger partial charge in [-0.3, -0.25) is 14.9 Å². The van der Waals surface area contributed by atoms with Crippen LogP contribution in [0.15, 0.2) is 42.5 Å². The molecule has 0 fully saturated rings. The standard InChI is InChI=1S/C19H19ClN2O6/c1-11(2)27-15-7-4-13(5-8-15)19(24)28-12(3)18(23)21-17-9-6-14(22(25)26)10-16(17)20/h4-12H,1-3H3,(H,21,23). The maximum Gasteiger partial charge on any atom is 0.338 e. The molecule has 0 spiro atoms. The number of nitro groups is 1. The molecule has 0 radical (unpaired) electrons. The normalized spacial score (nSPS) is 11.6. The Morgan fingerprint density at radius 2 is 1.75 bits per heavy atom. The van der Waals surface area contributed by atoms with Crippen LogP contribution >= 0.6 is 11.6 Å². The average molecular weight is 407 g/mol. The van der Waals surface area contributed by atoms with E-state index in [-0.39, 0.29) is 28.1 Å². The molecule has 0 aliphatic carbocycles. The number of carbonyl (C=O) groups excluding carboxylic acids is 2. The number of non-ortho nitro benzene ring substituents is 1. The summed E-state index contributed by atoms with van der Waals surface area (Å²) < 4.78 is 10.6. The Hall–Kier alpha value is -3.13. The second kappa shape index (κ2) is 9.18. The zero-order valence-corrected chi connectivity index (χ0v) is 16.2. The lowest BCUT2D eigenvalue weighted by atomic mass is 10.2. The van der Waals surface area contributed by atoms with Crippen molar-refractivity contribution in [2.24, 2.45) is 0 Å². The number of carbonyl (C=O) groups is 2. The van der Waals surface area contributed by atoms with E-state index >= 15 is 0 Å². The Morgan fingerprint density at radius 3 is 2.29 bits per heavy atom. The molecule has 1 unspecified atom stereocenters. The second-order valence-corrected chi connectivity index (χ2v) is 6.56. The number of benzene rings is 2. The molecule has 2 aromatic rings. The summed E-state index contributed by atoms with van der Waals surface area (Å²) in [5.41, 5.74) is 0.242. The number of ether oxygens (including phenoxy) is 2. The van der Waals surface area contributed by atoms with Gasteiger partial charge in [-0.25, -0.2) is 4.79 Å². The van der Waals surface area contributed by atoms with Crippen LogP contribution in [0.3, 0.4) is 0 Å². The van der Waals surface area contributed by atoms with Crippen LogP contribution in [0.2, 0.25) is 5.02 Å². The van der Waals surface area contributed by atoms with E-state index in [2.05, 4.69) is 5.32 Å². The van der Waals surface area contributed by atoms with Crippen molar-refractivity contribution in [3.05, 3.63) is 63.2 Å². The number of amides is 1. The fourth-order valence-corrected chi connectivity index (χ4v) is 2.40. The molecule has 0 aliphatic rings. The third-order valence-electron chi connectivity index (χ3n) is 3.54. The van der Waals surface area contributed by atoms with Crippen molar-refractivity contribution in [1.82, 2.24) is 0 Å². The summed E-state index contributed by atoms with van der Waals surface area (Å²) in [7, 11) is 0. The zero-order chi connectivity index (χ0) is 20.8. The first-order chi connectivity index (χ1) is 13.2. The molecule has 1 amide bonds. The Morgan fingerprint density at radius 1 is 1.11 bits per heavy atom. The van der Waals surface area contributed by atoms with Gasteiger partial charge in [-0.1, -0.05) is 11.6 Å². The van der Waals surface area contributed by atoms with E-state index in [4.69, 9.17) is 21.1 Å². The number of rotatable bonds is 7. The molecule has 0 bridgehead atoms. The summed E-state index contributed by atoms with van der Waals surface area (Å²) in [5, 5.41) is 13.2. The smallest absolute Gasteiger partial charge is 0.338 e. The molecular formula is C19H19ClN2O6. The molecule has 2 rings (SSSR count). The van der Waals surface area contributed by atoms with Gasteiger partial charge in [-0.05, 0) is 51.1 Å². The predicted molar refractivity (Wildman–Crippen MR) is 104 cm³/mol. The first kappa shape index (κ1) is 21.2. The summed E-state index contributed by atoms with van der Waals surface area (Å²) in [6.45, 7) is 5.18. The van der Waals surface area contributed by atoms with Gasteiger partial charge in [-0.2, -0.15) is 0 Å². The van der Waals surface area contributed by atoms with E-state index in [1.165, 1.54) is 31.2 Å². The Kier molecular flexibility index (Phi) is 6.94.